The van der Waals surface area contributed by atoms with Crippen LogP contribution in [0.25, 0.3) is 0 Å². The topological polar surface area (TPSA) is 54.4 Å². The molecule has 4 nitrogen and oxygen atoms in total. The van der Waals surface area contributed by atoms with Gasteiger partial charge in [0.05, 0.1) is 6.20 Å². The number of aliphatic hydroxyl groups is 1. The summed E-state index contributed by atoms with van der Waals surface area (Å²) >= 11 is 0. The van der Waals surface area contributed by atoms with Gasteiger partial charge in [-0.3, -0.25) is 4.98 Å². The van der Waals surface area contributed by atoms with Gasteiger partial charge in [-0.05, 0) is 49.3 Å². The summed E-state index contributed by atoms with van der Waals surface area (Å²) in [7, 11) is 0. The number of ether oxygens (including phenoxy) is 1. The number of hydrogen-bond donors (Lipinski definition) is 2. The largest absolute Gasteiger partial charge is 0.490 e. The molecule has 4 heteroatoms. The van der Waals surface area contributed by atoms with Crippen molar-refractivity contribution < 1.29 is 9.84 Å². The summed E-state index contributed by atoms with van der Waals surface area (Å²) in [6.45, 7) is 2.16. The average Bonchev–Trinajstić information content (AvgIpc) is 3.06. The molecule has 1 unspecified atom stereocenters. The van der Waals surface area contributed by atoms with Crippen LogP contribution in [-0.4, -0.2) is 35.9 Å². The minimum Gasteiger partial charge on any atom is -0.490 e. The van der Waals surface area contributed by atoms with Crippen molar-refractivity contribution in [2.75, 3.05) is 19.8 Å². The first-order chi connectivity index (χ1) is 8.85. The second-order valence-electron chi connectivity index (χ2n) is 5.42. The van der Waals surface area contributed by atoms with E-state index in [9.17, 15) is 0 Å². The number of nitrogens with zero attached hydrogens (tertiary/aromatic N) is 1. The lowest BCUT2D eigenvalue weighted by molar-refractivity contribution is 0.216. The Hall–Kier alpha value is -1.13. The highest BCUT2D eigenvalue weighted by molar-refractivity contribution is 5.24. The summed E-state index contributed by atoms with van der Waals surface area (Å²) in [6, 6.07) is 2.59. The quantitative estimate of drug-likeness (QED) is 0.788. The Labute approximate surface area is 107 Å². The lowest BCUT2D eigenvalue weighted by Gasteiger charge is -2.27. The molecule has 0 bridgehead atoms. The van der Waals surface area contributed by atoms with Crippen LogP contribution in [0.15, 0.2) is 18.5 Å². The molecule has 18 heavy (non-hydrogen) atoms. The van der Waals surface area contributed by atoms with Crippen LogP contribution in [-0.2, 0) is 6.42 Å². The Kier molecular flexibility index (Phi) is 3.48. The fourth-order valence-electron chi connectivity index (χ4n) is 2.43. The fraction of sp³-hybridized carbons (Fsp3) is 0.643. The van der Waals surface area contributed by atoms with Crippen LogP contribution in [0.5, 0.6) is 5.75 Å². The highest BCUT2D eigenvalue weighted by atomic mass is 16.5. The molecule has 0 spiro atoms. The summed E-state index contributed by atoms with van der Waals surface area (Å²) in [6.07, 6.45) is 7.04. The van der Waals surface area contributed by atoms with Gasteiger partial charge in [-0.25, -0.2) is 0 Å². The van der Waals surface area contributed by atoms with E-state index in [1.54, 1.807) is 6.20 Å². The SMILES string of the molecule is OC[C@H]1CC1Cc1cncc(OC[C@@H]2CCN2)c1. The fourth-order valence-corrected chi connectivity index (χ4v) is 2.43. The van der Waals surface area contributed by atoms with E-state index in [1.165, 1.54) is 12.0 Å². The molecule has 1 aromatic heterocycles. The second-order valence-corrected chi connectivity index (χ2v) is 5.42. The third-order valence-corrected chi connectivity index (χ3v) is 3.95. The van der Waals surface area contributed by atoms with Crippen molar-refractivity contribution in [3.05, 3.63) is 24.0 Å². The molecule has 1 aromatic rings. The molecule has 98 valence electrons. The molecule has 1 aliphatic heterocycles. The van der Waals surface area contributed by atoms with Gasteiger partial charge in [0.25, 0.3) is 0 Å². The van der Waals surface area contributed by atoms with E-state index in [1.807, 2.05) is 6.20 Å². The van der Waals surface area contributed by atoms with E-state index >= 15 is 0 Å². The number of hydrogen-bond acceptors (Lipinski definition) is 4. The summed E-state index contributed by atoms with van der Waals surface area (Å²) in [5, 5.41) is 12.4. The molecule has 0 amide bonds. The molecule has 2 heterocycles. The van der Waals surface area contributed by atoms with Crippen LogP contribution >= 0.6 is 0 Å². The van der Waals surface area contributed by atoms with E-state index in [2.05, 4.69) is 16.4 Å². The molecular formula is C14H20N2O2. The lowest BCUT2D eigenvalue weighted by Crippen LogP contribution is -2.46. The predicted molar refractivity (Wildman–Crippen MR) is 68.5 cm³/mol. The Bertz CT molecular complexity index is 407. The first-order valence-electron chi connectivity index (χ1n) is 6.76. The first kappa shape index (κ1) is 11.9. The van der Waals surface area contributed by atoms with Gasteiger partial charge in [-0.15, -0.1) is 0 Å². The number of rotatable bonds is 6. The number of pyridine rings is 1. The molecule has 1 aliphatic carbocycles. The van der Waals surface area contributed by atoms with Gasteiger partial charge in [-0.2, -0.15) is 0 Å². The molecule has 2 fully saturated rings. The zero-order chi connectivity index (χ0) is 12.4. The van der Waals surface area contributed by atoms with Crippen LogP contribution in [0.3, 0.4) is 0 Å². The first-order valence-corrected chi connectivity index (χ1v) is 6.76. The Morgan fingerprint density at radius 3 is 2.94 bits per heavy atom. The normalized spacial score (nSPS) is 29.7. The monoisotopic (exact) mass is 248 g/mol. The second kappa shape index (κ2) is 5.24. The summed E-state index contributed by atoms with van der Waals surface area (Å²) in [4.78, 5) is 4.23. The number of nitrogens with one attached hydrogen (secondary N) is 1. The zero-order valence-electron chi connectivity index (χ0n) is 10.5. The van der Waals surface area contributed by atoms with E-state index in [0.717, 1.165) is 31.7 Å². The van der Waals surface area contributed by atoms with Crippen molar-refractivity contribution in [1.82, 2.24) is 10.3 Å². The van der Waals surface area contributed by atoms with Gasteiger partial charge >= 0.3 is 0 Å². The van der Waals surface area contributed by atoms with Gasteiger partial charge in [-0.1, -0.05) is 0 Å². The standard InChI is InChI=1S/C14H20N2O2/c17-8-12-5-11(12)3-10-4-14(7-15-6-10)18-9-13-1-2-16-13/h4,6-7,11-13,16-17H,1-3,5,8-9H2/t11?,12-,13+/m1/s1. The van der Waals surface area contributed by atoms with Gasteiger partial charge in [0, 0.05) is 18.8 Å². The van der Waals surface area contributed by atoms with Crippen molar-refractivity contribution >= 4 is 0 Å². The van der Waals surface area contributed by atoms with Crippen molar-refractivity contribution in [2.45, 2.75) is 25.3 Å². The van der Waals surface area contributed by atoms with Crippen LogP contribution in [0, 0.1) is 11.8 Å². The highest BCUT2D eigenvalue weighted by Gasteiger charge is 2.36. The number of aromatic nitrogens is 1. The van der Waals surface area contributed by atoms with Crippen LogP contribution in [0.2, 0.25) is 0 Å². The summed E-state index contributed by atoms with van der Waals surface area (Å²) in [5.41, 5.74) is 1.22. The Morgan fingerprint density at radius 1 is 1.39 bits per heavy atom. The molecule has 1 saturated carbocycles. The van der Waals surface area contributed by atoms with Gasteiger partial charge in [0.15, 0.2) is 0 Å². The van der Waals surface area contributed by atoms with Crippen molar-refractivity contribution in [2.24, 2.45) is 11.8 Å². The predicted octanol–water partition coefficient (Wildman–Crippen LogP) is 0.993. The maximum atomic E-state index is 9.04. The van der Waals surface area contributed by atoms with E-state index in [0.29, 0.717) is 24.5 Å². The summed E-state index contributed by atoms with van der Waals surface area (Å²) < 4.78 is 5.73. The maximum Gasteiger partial charge on any atom is 0.137 e. The number of aliphatic hydroxyl groups excluding tert-OH is 1. The molecule has 1 saturated heterocycles. The molecule has 2 aliphatic rings. The van der Waals surface area contributed by atoms with E-state index < -0.39 is 0 Å². The van der Waals surface area contributed by atoms with Crippen LogP contribution < -0.4 is 10.1 Å². The smallest absolute Gasteiger partial charge is 0.137 e. The van der Waals surface area contributed by atoms with Gasteiger partial charge in [0.1, 0.15) is 12.4 Å². The van der Waals surface area contributed by atoms with Crippen LogP contribution in [0.1, 0.15) is 18.4 Å². The molecule has 0 aromatic carbocycles. The maximum absolute atomic E-state index is 9.04. The highest BCUT2D eigenvalue weighted by Crippen LogP contribution is 2.40. The van der Waals surface area contributed by atoms with Gasteiger partial charge in [0.2, 0.25) is 0 Å². The Morgan fingerprint density at radius 2 is 2.28 bits per heavy atom. The van der Waals surface area contributed by atoms with E-state index in [4.69, 9.17) is 9.84 Å². The van der Waals surface area contributed by atoms with Crippen LogP contribution in [0.4, 0.5) is 0 Å². The molecule has 2 N–H and O–H groups in total. The molecule has 3 atom stereocenters. The average molecular weight is 248 g/mol. The van der Waals surface area contributed by atoms with Gasteiger partial charge < -0.3 is 15.2 Å². The van der Waals surface area contributed by atoms with E-state index in [-0.39, 0.29) is 0 Å². The molecule has 3 rings (SSSR count). The third-order valence-electron chi connectivity index (χ3n) is 3.95. The van der Waals surface area contributed by atoms with Crippen molar-refractivity contribution in [3.63, 3.8) is 0 Å². The van der Waals surface area contributed by atoms with Crippen molar-refractivity contribution in [1.29, 1.82) is 0 Å². The Balaban J connectivity index is 1.51. The zero-order valence-corrected chi connectivity index (χ0v) is 10.5. The lowest BCUT2D eigenvalue weighted by atomic mass is 10.1. The molecule has 0 radical (unpaired) electrons. The minimum atomic E-state index is 0.321. The third kappa shape index (κ3) is 2.82. The molecular weight excluding hydrogens is 228 g/mol. The van der Waals surface area contributed by atoms with Crippen molar-refractivity contribution in [3.8, 4) is 5.75 Å². The summed E-state index contributed by atoms with van der Waals surface area (Å²) in [5.74, 6) is 2.01. The minimum absolute atomic E-state index is 0.321.